The van der Waals surface area contributed by atoms with Crippen LogP contribution in [-0.4, -0.2) is 14.9 Å². The zero-order chi connectivity index (χ0) is 14.2. The van der Waals surface area contributed by atoms with Gasteiger partial charge in [0.1, 0.15) is 5.75 Å². The summed E-state index contributed by atoms with van der Waals surface area (Å²) in [5.74, 6) is 0.116. The van der Waals surface area contributed by atoms with E-state index in [4.69, 9.17) is 5.73 Å². The Labute approximate surface area is 111 Å². The fourth-order valence-electron chi connectivity index (χ4n) is 2.10. The van der Waals surface area contributed by atoms with Gasteiger partial charge in [0.2, 0.25) is 0 Å². The Balaban J connectivity index is 2.67. The summed E-state index contributed by atoms with van der Waals surface area (Å²) in [6.07, 6.45) is 0. The summed E-state index contributed by atoms with van der Waals surface area (Å²) < 4.78 is 1.42. The number of H-pyrrole nitrogens is 1. The van der Waals surface area contributed by atoms with Crippen molar-refractivity contribution in [2.45, 2.75) is 32.7 Å². The van der Waals surface area contributed by atoms with E-state index in [1.165, 1.54) is 10.7 Å². The smallest absolute Gasteiger partial charge is 0.275 e. The molecular weight excluding hydrogens is 242 g/mol. The number of hydrogen-bond donors (Lipinski definition) is 3. The number of rotatable bonds is 2. The zero-order valence-corrected chi connectivity index (χ0v) is 11.4. The van der Waals surface area contributed by atoms with Crippen LogP contribution in [0.25, 0.3) is 5.69 Å². The van der Waals surface area contributed by atoms with Gasteiger partial charge in [-0.05, 0) is 12.1 Å². The van der Waals surface area contributed by atoms with Crippen molar-refractivity contribution in [1.29, 1.82) is 0 Å². The molecule has 1 aromatic carbocycles. The van der Waals surface area contributed by atoms with Gasteiger partial charge < -0.3 is 10.8 Å². The molecule has 0 bridgehead atoms. The van der Waals surface area contributed by atoms with Crippen LogP contribution in [0.3, 0.4) is 0 Å². The highest BCUT2D eigenvalue weighted by Crippen LogP contribution is 2.23. The molecule has 0 fully saturated rings. The van der Waals surface area contributed by atoms with Crippen molar-refractivity contribution in [1.82, 2.24) is 9.78 Å². The number of hydrogen-bond acceptors (Lipinski definition) is 3. The molecule has 102 valence electrons. The van der Waals surface area contributed by atoms with E-state index < -0.39 is 0 Å². The maximum absolute atomic E-state index is 12.3. The van der Waals surface area contributed by atoms with E-state index in [9.17, 15) is 9.90 Å². The molecule has 0 aliphatic rings. The SMILES string of the molecule is CC(C)(C)c1[nH]n(-c2cccc(O)c2)c(=O)c1CN. The lowest BCUT2D eigenvalue weighted by atomic mass is 9.89. The molecule has 5 heteroatoms. The molecule has 0 saturated heterocycles. The van der Waals surface area contributed by atoms with Crippen molar-refractivity contribution in [2.75, 3.05) is 0 Å². The van der Waals surface area contributed by atoms with E-state index in [1.807, 2.05) is 20.8 Å². The van der Waals surface area contributed by atoms with Crippen LogP contribution < -0.4 is 11.3 Å². The van der Waals surface area contributed by atoms with Crippen LogP contribution in [0.5, 0.6) is 5.75 Å². The van der Waals surface area contributed by atoms with Crippen LogP contribution in [-0.2, 0) is 12.0 Å². The molecular formula is C14H19N3O2. The van der Waals surface area contributed by atoms with Gasteiger partial charge in [-0.15, -0.1) is 0 Å². The Kier molecular flexibility index (Phi) is 3.24. The van der Waals surface area contributed by atoms with Crippen molar-refractivity contribution in [2.24, 2.45) is 5.73 Å². The highest BCUT2D eigenvalue weighted by molar-refractivity contribution is 5.39. The quantitative estimate of drug-likeness (QED) is 0.768. The molecule has 0 aliphatic heterocycles. The molecule has 0 saturated carbocycles. The largest absolute Gasteiger partial charge is 0.508 e. The number of aromatic amines is 1. The van der Waals surface area contributed by atoms with Crippen LogP contribution in [0.2, 0.25) is 0 Å². The number of nitrogens with zero attached hydrogens (tertiary/aromatic N) is 1. The standard InChI is InChI=1S/C14H19N3O2/c1-14(2,3)12-11(8-15)13(19)17(16-12)9-5-4-6-10(18)7-9/h4-7,16,18H,8,15H2,1-3H3. The number of nitrogens with two attached hydrogens (primary N) is 1. The van der Waals surface area contributed by atoms with Gasteiger partial charge in [-0.3, -0.25) is 9.89 Å². The van der Waals surface area contributed by atoms with Gasteiger partial charge in [0.15, 0.2) is 0 Å². The third kappa shape index (κ3) is 2.42. The first-order valence-corrected chi connectivity index (χ1v) is 6.18. The molecule has 0 amide bonds. The lowest BCUT2D eigenvalue weighted by Crippen LogP contribution is -2.20. The molecule has 0 radical (unpaired) electrons. The van der Waals surface area contributed by atoms with Crippen LogP contribution in [0.1, 0.15) is 32.0 Å². The number of aromatic hydroxyl groups is 1. The molecule has 2 aromatic rings. The highest BCUT2D eigenvalue weighted by Gasteiger charge is 2.24. The molecule has 0 spiro atoms. The van der Waals surface area contributed by atoms with Crippen LogP contribution in [0, 0.1) is 0 Å². The van der Waals surface area contributed by atoms with Gasteiger partial charge in [0.25, 0.3) is 5.56 Å². The Morgan fingerprint density at radius 3 is 2.53 bits per heavy atom. The summed E-state index contributed by atoms with van der Waals surface area (Å²) in [4.78, 5) is 12.3. The Morgan fingerprint density at radius 2 is 2.05 bits per heavy atom. The number of phenolic OH excluding ortho intramolecular Hbond substituents is 1. The molecule has 0 unspecified atom stereocenters. The van der Waals surface area contributed by atoms with Crippen LogP contribution >= 0.6 is 0 Å². The third-order valence-corrected chi connectivity index (χ3v) is 3.03. The number of nitrogens with one attached hydrogen (secondary N) is 1. The first-order valence-electron chi connectivity index (χ1n) is 6.18. The summed E-state index contributed by atoms with van der Waals surface area (Å²) in [5, 5.41) is 12.6. The van der Waals surface area contributed by atoms with Gasteiger partial charge in [0, 0.05) is 23.7 Å². The second-order valence-corrected chi connectivity index (χ2v) is 5.58. The van der Waals surface area contributed by atoms with Crippen molar-refractivity contribution in [3.8, 4) is 11.4 Å². The van der Waals surface area contributed by atoms with Gasteiger partial charge in [-0.2, -0.15) is 0 Å². The van der Waals surface area contributed by atoms with Gasteiger partial charge in [-0.1, -0.05) is 26.8 Å². The molecule has 1 aromatic heterocycles. The molecule has 5 nitrogen and oxygen atoms in total. The normalized spacial score (nSPS) is 11.8. The summed E-state index contributed by atoms with van der Waals surface area (Å²) in [6, 6.07) is 6.54. The minimum absolute atomic E-state index is 0.116. The molecule has 1 heterocycles. The maximum atomic E-state index is 12.3. The minimum Gasteiger partial charge on any atom is -0.508 e. The minimum atomic E-state index is -0.198. The van der Waals surface area contributed by atoms with E-state index in [0.29, 0.717) is 11.3 Å². The van der Waals surface area contributed by atoms with Crippen molar-refractivity contribution in [3.05, 3.63) is 45.9 Å². The average Bonchev–Trinajstić information content (AvgIpc) is 2.66. The number of aromatic nitrogens is 2. The van der Waals surface area contributed by atoms with Crippen molar-refractivity contribution >= 4 is 0 Å². The Morgan fingerprint density at radius 1 is 1.37 bits per heavy atom. The highest BCUT2D eigenvalue weighted by atomic mass is 16.3. The summed E-state index contributed by atoms with van der Waals surface area (Å²) in [5.41, 5.74) is 7.31. The molecule has 0 atom stereocenters. The zero-order valence-electron chi connectivity index (χ0n) is 11.4. The lowest BCUT2D eigenvalue weighted by molar-refractivity contribution is 0.474. The van der Waals surface area contributed by atoms with Crippen molar-refractivity contribution in [3.63, 3.8) is 0 Å². The van der Waals surface area contributed by atoms with Gasteiger partial charge in [-0.25, -0.2) is 4.68 Å². The monoisotopic (exact) mass is 261 g/mol. The van der Waals surface area contributed by atoms with E-state index >= 15 is 0 Å². The fourth-order valence-corrected chi connectivity index (χ4v) is 2.10. The average molecular weight is 261 g/mol. The van der Waals surface area contributed by atoms with Crippen LogP contribution in [0.15, 0.2) is 29.1 Å². The summed E-state index contributed by atoms with van der Waals surface area (Å²) in [6.45, 7) is 6.24. The molecule has 4 N–H and O–H groups in total. The maximum Gasteiger partial charge on any atom is 0.275 e. The Hall–Kier alpha value is -2.01. The Bertz CT molecular complexity index is 647. The number of benzene rings is 1. The molecule has 19 heavy (non-hydrogen) atoms. The van der Waals surface area contributed by atoms with E-state index in [-0.39, 0.29) is 23.3 Å². The van der Waals surface area contributed by atoms with Gasteiger partial charge in [0.05, 0.1) is 11.3 Å². The van der Waals surface area contributed by atoms with Crippen LogP contribution in [0.4, 0.5) is 0 Å². The van der Waals surface area contributed by atoms with Gasteiger partial charge >= 0.3 is 0 Å². The third-order valence-electron chi connectivity index (χ3n) is 3.03. The van der Waals surface area contributed by atoms with E-state index in [0.717, 1.165) is 5.69 Å². The predicted molar refractivity (Wildman–Crippen MR) is 74.6 cm³/mol. The summed E-state index contributed by atoms with van der Waals surface area (Å²) >= 11 is 0. The van der Waals surface area contributed by atoms with E-state index in [1.54, 1.807) is 18.2 Å². The summed E-state index contributed by atoms with van der Waals surface area (Å²) in [7, 11) is 0. The number of phenols is 1. The first-order chi connectivity index (χ1) is 8.84. The predicted octanol–water partition coefficient (Wildman–Crippen LogP) is 1.63. The molecule has 0 aliphatic carbocycles. The first kappa shape index (κ1) is 13.4. The van der Waals surface area contributed by atoms with Crippen molar-refractivity contribution < 1.29 is 5.11 Å². The topological polar surface area (TPSA) is 84.0 Å². The second-order valence-electron chi connectivity index (χ2n) is 5.58. The second kappa shape index (κ2) is 4.59. The fraction of sp³-hybridized carbons (Fsp3) is 0.357. The van der Waals surface area contributed by atoms with E-state index in [2.05, 4.69) is 5.10 Å². The molecule has 2 rings (SSSR count). The lowest BCUT2D eigenvalue weighted by Gasteiger charge is -2.17.